The predicted molar refractivity (Wildman–Crippen MR) is 89.6 cm³/mol. The van der Waals surface area contributed by atoms with Crippen molar-refractivity contribution in [1.29, 1.82) is 0 Å². The number of carbonyl (C=O) groups is 2. The van der Waals surface area contributed by atoms with Crippen molar-refractivity contribution in [3.8, 4) is 0 Å². The Labute approximate surface area is 137 Å². The number of hydrogen-bond acceptors (Lipinski definition) is 4. The van der Waals surface area contributed by atoms with Crippen molar-refractivity contribution in [3.63, 3.8) is 0 Å². The molecule has 0 aliphatic carbocycles. The van der Waals surface area contributed by atoms with E-state index in [0.717, 1.165) is 5.69 Å². The number of fused-ring (bicyclic) bond motifs is 1. The summed E-state index contributed by atoms with van der Waals surface area (Å²) >= 11 is 0. The quantitative estimate of drug-likeness (QED) is 0.637. The van der Waals surface area contributed by atoms with Gasteiger partial charge in [-0.15, -0.1) is 0 Å². The fourth-order valence-corrected chi connectivity index (χ4v) is 1.89. The molecule has 0 saturated carbocycles. The number of para-hydroxylation sites is 1. The van der Waals surface area contributed by atoms with E-state index in [1.165, 1.54) is 10.9 Å². The third-order valence-corrected chi connectivity index (χ3v) is 2.90. The molecule has 3 aromatic rings. The third-order valence-electron chi connectivity index (χ3n) is 2.90. The average molecular weight is 325 g/mol. The largest absolute Gasteiger partial charge is 0.478 e. The number of nitrogens with one attached hydrogen (secondary N) is 1. The zero-order valence-corrected chi connectivity index (χ0v) is 12.5. The van der Waals surface area contributed by atoms with Gasteiger partial charge in [0.05, 0.1) is 11.2 Å². The second-order valence-corrected chi connectivity index (χ2v) is 4.60. The van der Waals surface area contributed by atoms with Gasteiger partial charge in [-0.25, -0.2) is 9.59 Å². The van der Waals surface area contributed by atoms with E-state index >= 15 is 0 Å². The third kappa shape index (κ3) is 4.99. The second-order valence-electron chi connectivity index (χ2n) is 4.60. The predicted octanol–water partition coefficient (Wildman–Crippen LogP) is 2.62. The van der Waals surface area contributed by atoms with E-state index in [2.05, 4.69) is 28.6 Å². The van der Waals surface area contributed by atoms with E-state index in [4.69, 9.17) is 10.2 Å². The molecule has 3 rings (SSSR count). The zero-order chi connectivity index (χ0) is 17.4. The van der Waals surface area contributed by atoms with Crippen LogP contribution in [0, 0.1) is 0 Å². The number of pyridine rings is 1. The molecule has 0 fully saturated rings. The fourth-order valence-electron chi connectivity index (χ4n) is 1.89. The maximum Gasteiger partial charge on any atom is 0.328 e. The molecule has 3 N–H and O–H groups in total. The van der Waals surface area contributed by atoms with Gasteiger partial charge in [-0.2, -0.15) is 0 Å². The maximum absolute atomic E-state index is 9.55. The highest BCUT2D eigenvalue weighted by Gasteiger charge is 1.99. The van der Waals surface area contributed by atoms with E-state index in [1.54, 1.807) is 12.4 Å². The van der Waals surface area contributed by atoms with Gasteiger partial charge in [-0.1, -0.05) is 18.2 Å². The monoisotopic (exact) mass is 325 g/mol. The van der Waals surface area contributed by atoms with Gasteiger partial charge in [0.2, 0.25) is 0 Å². The van der Waals surface area contributed by atoms with Crippen LogP contribution in [0.15, 0.2) is 73.2 Å². The Hall–Kier alpha value is -3.61. The van der Waals surface area contributed by atoms with Gasteiger partial charge in [0.1, 0.15) is 0 Å². The van der Waals surface area contributed by atoms with Crippen LogP contribution in [0.5, 0.6) is 0 Å². The van der Waals surface area contributed by atoms with Crippen LogP contribution < -0.4 is 5.43 Å². The van der Waals surface area contributed by atoms with Crippen LogP contribution in [-0.2, 0) is 9.59 Å². The van der Waals surface area contributed by atoms with Gasteiger partial charge in [-0.05, 0) is 24.3 Å². The molecule has 0 atom stereocenters. The standard InChI is InChI=1S/C13H11N3.C4H4O4/c1-2-4-13-11(3-1)7-10-16(13)15-12-5-8-14-9-6-12;5-3(6)1-2-4(7)8/h1-10H,(H,14,15);1-2H,(H,5,6)(H,7,8). The summed E-state index contributed by atoms with van der Waals surface area (Å²) in [6.07, 6.45) is 6.68. The van der Waals surface area contributed by atoms with Crippen molar-refractivity contribution in [1.82, 2.24) is 9.66 Å². The number of anilines is 1. The van der Waals surface area contributed by atoms with Crippen molar-refractivity contribution in [2.75, 3.05) is 5.43 Å². The fraction of sp³-hybridized carbons (Fsp3) is 0. The smallest absolute Gasteiger partial charge is 0.328 e. The van der Waals surface area contributed by atoms with Crippen LogP contribution in [0.25, 0.3) is 10.9 Å². The van der Waals surface area contributed by atoms with Crippen molar-refractivity contribution < 1.29 is 19.8 Å². The van der Waals surface area contributed by atoms with Crippen molar-refractivity contribution >= 4 is 28.5 Å². The summed E-state index contributed by atoms with van der Waals surface area (Å²) < 4.78 is 2.00. The van der Waals surface area contributed by atoms with Crippen LogP contribution in [0.3, 0.4) is 0 Å². The zero-order valence-electron chi connectivity index (χ0n) is 12.5. The summed E-state index contributed by atoms with van der Waals surface area (Å²) in [6, 6.07) is 14.2. The Kier molecular flexibility index (Phi) is 5.68. The summed E-state index contributed by atoms with van der Waals surface area (Å²) in [4.78, 5) is 23.1. The van der Waals surface area contributed by atoms with E-state index < -0.39 is 11.9 Å². The number of benzene rings is 1. The van der Waals surface area contributed by atoms with Crippen LogP contribution >= 0.6 is 0 Å². The van der Waals surface area contributed by atoms with E-state index in [9.17, 15) is 9.59 Å². The number of aliphatic carboxylic acids is 2. The highest BCUT2D eigenvalue weighted by molar-refractivity contribution is 5.89. The minimum absolute atomic E-state index is 0.558. The molecule has 0 bridgehead atoms. The molecule has 122 valence electrons. The van der Waals surface area contributed by atoms with Gasteiger partial charge in [-0.3, -0.25) is 15.1 Å². The van der Waals surface area contributed by atoms with Crippen molar-refractivity contribution in [2.24, 2.45) is 0 Å². The molecule has 0 saturated heterocycles. The lowest BCUT2D eigenvalue weighted by molar-refractivity contribution is -0.134. The number of hydrogen-bond donors (Lipinski definition) is 3. The molecule has 2 aromatic heterocycles. The molecule has 0 unspecified atom stereocenters. The van der Waals surface area contributed by atoms with Gasteiger partial charge >= 0.3 is 11.9 Å². The number of nitrogens with zero attached hydrogens (tertiary/aromatic N) is 2. The minimum atomic E-state index is -1.26. The lowest BCUT2D eigenvalue weighted by Crippen LogP contribution is -2.06. The molecule has 0 amide bonds. The summed E-state index contributed by atoms with van der Waals surface area (Å²) in [6.45, 7) is 0. The van der Waals surface area contributed by atoms with Crippen molar-refractivity contribution in [2.45, 2.75) is 0 Å². The lowest BCUT2D eigenvalue weighted by atomic mass is 10.3. The van der Waals surface area contributed by atoms with Crippen LogP contribution in [0.4, 0.5) is 5.69 Å². The Morgan fingerprint density at radius 2 is 1.58 bits per heavy atom. The molecule has 1 aromatic carbocycles. The SMILES string of the molecule is O=C(O)C=CC(=O)O.c1ccc2c(c1)ccn2Nc1ccncc1. The van der Waals surface area contributed by atoms with E-state index in [-0.39, 0.29) is 0 Å². The van der Waals surface area contributed by atoms with Gasteiger partial charge in [0, 0.05) is 36.1 Å². The van der Waals surface area contributed by atoms with Crippen LogP contribution in [0.2, 0.25) is 0 Å². The Morgan fingerprint density at radius 3 is 2.21 bits per heavy atom. The number of aromatic nitrogens is 2. The topological polar surface area (TPSA) is 104 Å². The average Bonchev–Trinajstić information content (AvgIpc) is 2.98. The molecular formula is C17H15N3O4. The first-order valence-corrected chi connectivity index (χ1v) is 6.93. The molecule has 0 aliphatic rings. The molecule has 0 aliphatic heterocycles. The van der Waals surface area contributed by atoms with Gasteiger partial charge in [0.25, 0.3) is 0 Å². The maximum atomic E-state index is 9.55. The van der Waals surface area contributed by atoms with Crippen LogP contribution in [0.1, 0.15) is 0 Å². The summed E-state index contributed by atoms with van der Waals surface area (Å²) in [5.41, 5.74) is 5.49. The highest BCUT2D eigenvalue weighted by Crippen LogP contribution is 2.15. The molecule has 7 heteroatoms. The molecule has 2 heterocycles. The molecule has 0 spiro atoms. The van der Waals surface area contributed by atoms with Gasteiger partial charge in [0.15, 0.2) is 0 Å². The van der Waals surface area contributed by atoms with Gasteiger partial charge < -0.3 is 10.2 Å². The Balaban J connectivity index is 0.000000224. The number of rotatable bonds is 4. The van der Waals surface area contributed by atoms with E-state index in [0.29, 0.717) is 12.2 Å². The van der Waals surface area contributed by atoms with Crippen LogP contribution in [-0.4, -0.2) is 31.8 Å². The first-order valence-electron chi connectivity index (χ1n) is 6.93. The Morgan fingerprint density at radius 1 is 0.958 bits per heavy atom. The molecule has 24 heavy (non-hydrogen) atoms. The van der Waals surface area contributed by atoms with Crippen molar-refractivity contribution in [3.05, 3.63) is 73.2 Å². The van der Waals surface area contributed by atoms with E-state index in [1.807, 2.05) is 35.1 Å². The number of carboxylic acid groups (broad SMARTS) is 2. The number of carboxylic acids is 2. The first kappa shape index (κ1) is 16.8. The Bertz CT molecular complexity index is 840. The molecular weight excluding hydrogens is 310 g/mol. The highest BCUT2D eigenvalue weighted by atomic mass is 16.4. The molecule has 7 nitrogen and oxygen atoms in total. The summed E-state index contributed by atoms with van der Waals surface area (Å²) in [5, 5.41) is 16.9. The summed E-state index contributed by atoms with van der Waals surface area (Å²) in [5.74, 6) is -2.51. The lowest BCUT2D eigenvalue weighted by Gasteiger charge is -2.08. The summed E-state index contributed by atoms with van der Waals surface area (Å²) in [7, 11) is 0. The second kappa shape index (κ2) is 8.14. The first-order chi connectivity index (χ1) is 11.6. The normalized spacial score (nSPS) is 10.2. The minimum Gasteiger partial charge on any atom is -0.478 e. The molecule has 0 radical (unpaired) electrons.